The third-order valence-corrected chi connectivity index (χ3v) is 4.36. The Kier molecular flexibility index (Phi) is 4.73. The van der Waals surface area contributed by atoms with E-state index in [1.807, 2.05) is 39.0 Å². The van der Waals surface area contributed by atoms with Crippen LogP contribution in [0.2, 0.25) is 0 Å². The summed E-state index contributed by atoms with van der Waals surface area (Å²) in [7, 11) is 1.62. The van der Waals surface area contributed by atoms with E-state index in [9.17, 15) is 9.59 Å². The first-order valence-electron chi connectivity index (χ1n) is 8.75. The fourth-order valence-corrected chi connectivity index (χ4v) is 3.15. The summed E-state index contributed by atoms with van der Waals surface area (Å²) >= 11 is 0. The zero-order valence-corrected chi connectivity index (χ0v) is 16.4. The molecule has 0 N–H and O–H groups in total. The Labute approximate surface area is 156 Å². The van der Waals surface area contributed by atoms with Crippen LogP contribution in [0.15, 0.2) is 40.0 Å². The van der Waals surface area contributed by atoms with Gasteiger partial charge in [0.05, 0.1) is 12.2 Å². The standard InChI is InChI=1S/C19H24N6O2/c1-7-8-9-23-15-16(20-18(23)25-14(5)10-13(4)21-25)22(6)19(27)24(17(15)26)11-12(2)3/h7-8,10H,2,9,11H2,1,3-6H3/b8-7+. The summed E-state index contributed by atoms with van der Waals surface area (Å²) in [5, 5.41) is 4.50. The SMILES string of the molecule is C=C(C)Cn1c(=O)c2c(nc(-n3nc(C)cc3C)n2C/C=C/C)n(C)c1=O. The smallest absolute Gasteiger partial charge is 0.299 e. The number of imidazole rings is 1. The van der Waals surface area contributed by atoms with E-state index in [0.717, 1.165) is 17.0 Å². The molecule has 0 amide bonds. The summed E-state index contributed by atoms with van der Waals surface area (Å²) in [6, 6.07) is 1.94. The highest BCUT2D eigenvalue weighted by Gasteiger charge is 2.22. The Balaban J connectivity index is 2.45. The molecule has 0 saturated heterocycles. The second-order valence-electron chi connectivity index (χ2n) is 6.79. The molecule has 0 bridgehead atoms. The average molecular weight is 368 g/mol. The van der Waals surface area contributed by atoms with Gasteiger partial charge in [0.25, 0.3) is 5.56 Å². The number of nitrogens with zero attached hydrogens (tertiary/aromatic N) is 6. The summed E-state index contributed by atoms with van der Waals surface area (Å²) in [5.74, 6) is 0.508. The molecular formula is C19H24N6O2. The van der Waals surface area contributed by atoms with Gasteiger partial charge in [-0.25, -0.2) is 9.48 Å². The Bertz CT molecular complexity index is 1190. The molecule has 0 aliphatic rings. The zero-order valence-electron chi connectivity index (χ0n) is 16.4. The van der Waals surface area contributed by atoms with Crippen molar-refractivity contribution in [3.8, 4) is 5.95 Å². The second-order valence-corrected chi connectivity index (χ2v) is 6.79. The molecule has 0 radical (unpaired) electrons. The van der Waals surface area contributed by atoms with Gasteiger partial charge in [-0.2, -0.15) is 10.1 Å². The first-order valence-corrected chi connectivity index (χ1v) is 8.75. The third-order valence-electron chi connectivity index (χ3n) is 4.36. The maximum Gasteiger partial charge on any atom is 0.332 e. The minimum absolute atomic E-state index is 0.172. The molecule has 3 aromatic heterocycles. The van der Waals surface area contributed by atoms with Crippen molar-refractivity contribution in [3.05, 3.63) is 62.6 Å². The van der Waals surface area contributed by atoms with Crippen molar-refractivity contribution in [2.45, 2.75) is 40.8 Å². The van der Waals surface area contributed by atoms with Gasteiger partial charge < -0.3 is 0 Å². The Hall–Kier alpha value is -3.16. The molecule has 0 unspecified atom stereocenters. The van der Waals surface area contributed by atoms with E-state index in [4.69, 9.17) is 0 Å². The number of fused-ring (bicyclic) bond motifs is 1. The first-order chi connectivity index (χ1) is 12.8. The van der Waals surface area contributed by atoms with Crippen molar-refractivity contribution in [2.75, 3.05) is 0 Å². The molecule has 0 aliphatic heterocycles. The quantitative estimate of drug-likeness (QED) is 0.644. The molecule has 8 heteroatoms. The predicted octanol–water partition coefficient (Wildman–Crippen LogP) is 1.85. The summed E-state index contributed by atoms with van der Waals surface area (Å²) < 4.78 is 6.10. The summed E-state index contributed by atoms with van der Waals surface area (Å²) in [6.07, 6.45) is 3.84. The van der Waals surface area contributed by atoms with Crippen molar-refractivity contribution in [2.24, 2.45) is 7.05 Å². The van der Waals surface area contributed by atoms with Crippen molar-refractivity contribution in [3.63, 3.8) is 0 Å². The van der Waals surface area contributed by atoms with Crippen LogP contribution in [0, 0.1) is 13.8 Å². The molecule has 27 heavy (non-hydrogen) atoms. The van der Waals surface area contributed by atoms with E-state index in [-0.39, 0.29) is 12.1 Å². The van der Waals surface area contributed by atoms with E-state index in [0.29, 0.717) is 23.7 Å². The van der Waals surface area contributed by atoms with Crippen molar-refractivity contribution in [1.82, 2.24) is 28.5 Å². The van der Waals surface area contributed by atoms with Gasteiger partial charge in [0.15, 0.2) is 11.2 Å². The van der Waals surface area contributed by atoms with Gasteiger partial charge in [0, 0.05) is 19.3 Å². The van der Waals surface area contributed by atoms with Gasteiger partial charge in [-0.1, -0.05) is 24.3 Å². The molecule has 0 aliphatic carbocycles. The van der Waals surface area contributed by atoms with E-state index >= 15 is 0 Å². The average Bonchev–Trinajstić information content (AvgIpc) is 3.14. The molecule has 0 atom stereocenters. The van der Waals surface area contributed by atoms with Gasteiger partial charge in [0.2, 0.25) is 5.95 Å². The van der Waals surface area contributed by atoms with Crippen LogP contribution in [0.3, 0.4) is 0 Å². The third kappa shape index (κ3) is 3.07. The van der Waals surface area contributed by atoms with E-state index in [1.165, 1.54) is 9.13 Å². The van der Waals surface area contributed by atoms with Crippen molar-refractivity contribution < 1.29 is 0 Å². The summed E-state index contributed by atoms with van der Waals surface area (Å²) in [4.78, 5) is 30.4. The highest BCUT2D eigenvalue weighted by atomic mass is 16.2. The maximum absolute atomic E-state index is 13.1. The minimum Gasteiger partial charge on any atom is -0.299 e. The molecule has 0 spiro atoms. The van der Waals surface area contributed by atoms with Crippen molar-refractivity contribution in [1.29, 1.82) is 0 Å². The fourth-order valence-electron chi connectivity index (χ4n) is 3.15. The van der Waals surface area contributed by atoms with Gasteiger partial charge in [-0.05, 0) is 33.8 Å². The van der Waals surface area contributed by atoms with E-state index in [2.05, 4.69) is 16.7 Å². The van der Waals surface area contributed by atoms with Gasteiger partial charge >= 0.3 is 5.69 Å². The number of hydrogen-bond donors (Lipinski definition) is 0. The molecule has 3 aromatic rings. The number of rotatable bonds is 5. The lowest BCUT2D eigenvalue weighted by Crippen LogP contribution is -2.39. The van der Waals surface area contributed by atoms with Gasteiger partial charge in [0.1, 0.15) is 0 Å². The molecule has 3 rings (SSSR count). The zero-order chi connectivity index (χ0) is 19.9. The lowest BCUT2D eigenvalue weighted by molar-refractivity contribution is 0.647. The Morgan fingerprint density at radius 3 is 2.52 bits per heavy atom. The minimum atomic E-state index is -0.411. The lowest BCUT2D eigenvalue weighted by atomic mass is 10.3. The fraction of sp³-hybridized carbons (Fsp3) is 0.368. The summed E-state index contributed by atoms with van der Waals surface area (Å²) in [6.45, 7) is 12.0. The van der Waals surface area contributed by atoms with E-state index in [1.54, 1.807) is 23.2 Å². The van der Waals surface area contributed by atoms with Crippen LogP contribution in [-0.2, 0) is 20.1 Å². The van der Waals surface area contributed by atoms with Crippen LogP contribution in [0.5, 0.6) is 0 Å². The van der Waals surface area contributed by atoms with Crippen LogP contribution in [-0.4, -0.2) is 28.5 Å². The predicted molar refractivity (Wildman–Crippen MR) is 105 cm³/mol. The van der Waals surface area contributed by atoms with Gasteiger partial charge in [-0.3, -0.25) is 18.5 Å². The van der Waals surface area contributed by atoms with Crippen LogP contribution < -0.4 is 11.2 Å². The highest BCUT2D eigenvalue weighted by molar-refractivity contribution is 5.72. The topological polar surface area (TPSA) is 79.6 Å². The molecule has 142 valence electrons. The monoisotopic (exact) mass is 368 g/mol. The molecule has 0 fully saturated rings. The number of allylic oxidation sites excluding steroid dienone is 3. The molecule has 0 saturated carbocycles. The van der Waals surface area contributed by atoms with Crippen molar-refractivity contribution >= 4 is 11.2 Å². The van der Waals surface area contributed by atoms with Crippen LogP contribution in [0.4, 0.5) is 0 Å². The summed E-state index contributed by atoms with van der Waals surface area (Å²) in [5.41, 5.74) is 2.41. The van der Waals surface area contributed by atoms with Crippen LogP contribution in [0.1, 0.15) is 25.2 Å². The first kappa shape index (κ1) is 18.6. The van der Waals surface area contributed by atoms with Crippen LogP contribution in [0.25, 0.3) is 17.1 Å². The van der Waals surface area contributed by atoms with E-state index < -0.39 is 5.69 Å². The highest BCUT2D eigenvalue weighted by Crippen LogP contribution is 2.17. The number of aromatic nitrogens is 6. The Morgan fingerprint density at radius 1 is 1.26 bits per heavy atom. The number of aryl methyl sites for hydroxylation is 3. The maximum atomic E-state index is 13.1. The second kappa shape index (κ2) is 6.86. The van der Waals surface area contributed by atoms with Crippen LogP contribution >= 0.6 is 0 Å². The number of hydrogen-bond acceptors (Lipinski definition) is 4. The van der Waals surface area contributed by atoms with Gasteiger partial charge in [-0.15, -0.1) is 0 Å². The lowest BCUT2D eigenvalue weighted by Gasteiger charge is -2.10. The molecule has 3 heterocycles. The molecule has 8 nitrogen and oxygen atoms in total. The largest absolute Gasteiger partial charge is 0.332 e. The molecule has 0 aromatic carbocycles. The molecular weight excluding hydrogens is 344 g/mol. The normalized spacial score (nSPS) is 11.7. The Morgan fingerprint density at radius 2 is 1.96 bits per heavy atom.